The molecule has 0 fully saturated rings. The Hall–Kier alpha value is -1.64. The standard InChI is InChI=1S/C9H14N4O4S/c14-7(15)4-2-1-3-5-18-9-10-11-12-13(9)6-8(16)17/h1-6H2,(H,14,15)(H,16,17). The monoisotopic (exact) mass is 274 g/mol. The number of carboxylic acids is 2. The zero-order valence-corrected chi connectivity index (χ0v) is 10.5. The molecule has 1 aromatic rings. The van der Waals surface area contributed by atoms with Crippen LogP contribution in [0.15, 0.2) is 5.16 Å². The number of unbranched alkanes of at least 4 members (excludes halogenated alkanes) is 2. The van der Waals surface area contributed by atoms with Crippen LogP contribution >= 0.6 is 11.8 Å². The molecule has 8 nitrogen and oxygen atoms in total. The molecule has 0 radical (unpaired) electrons. The van der Waals surface area contributed by atoms with Gasteiger partial charge in [-0.05, 0) is 23.3 Å². The van der Waals surface area contributed by atoms with E-state index in [9.17, 15) is 9.59 Å². The minimum absolute atomic E-state index is 0.182. The van der Waals surface area contributed by atoms with Crippen LogP contribution in [0.4, 0.5) is 0 Å². The molecule has 0 aliphatic carbocycles. The van der Waals surface area contributed by atoms with Crippen LogP contribution in [0.1, 0.15) is 25.7 Å². The average Bonchev–Trinajstić information content (AvgIpc) is 2.69. The summed E-state index contributed by atoms with van der Waals surface area (Å²) in [4.78, 5) is 20.8. The molecule has 1 aromatic heterocycles. The first-order chi connectivity index (χ1) is 8.59. The Morgan fingerprint density at radius 3 is 2.61 bits per heavy atom. The Bertz CT molecular complexity index is 409. The summed E-state index contributed by atoms with van der Waals surface area (Å²) in [6.07, 6.45) is 2.50. The lowest BCUT2D eigenvalue weighted by Gasteiger charge is -2.01. The molecule has 18 heavy (non-hydrogen) atoms. The third kappa shape index (κ3) is 5.62. The van der Waals surface area contributed by atoms with Gasteiger partial charge in [0.15, 0.2) is 0 Å². The van der Waals surface area contributed by atoms with Crippen LogP contribution in [0.3, 0.4) is 0 Å². The Balaban J connectivity index is 2.21. The number of rotatable bonds is 9. The minimum atomic E-state index is -0.995. The van der Waals surface area contributed by atoms with Gasteiger partial charge in [-0.2, -0.15) is 0 Å². The number of carboxylic acid groups (broad SMARTS) is 2. The van der Waals surface area contributed by atoms with Gasteiger partial charge in [-0.3, -0.25) is 9.59 Å². The van der Waals surface area contributed by atoms with E-state index in [0.717, 1.165) is 18.6 Å². The maximum absolute atomic E-state index is 10.5. The summed E-state index contributed by atoms with van der Waals surface area (Å²) in [5.41, 5.74) is 0. The van der Waals surface area contributed by atoms with Crippen LogP contribution in [0.5, 0.6) is 0 Å². The van der Waals surface area contributed by atoms with Gasteiger partial charge in [0.2, 0.25) is 5.16 Å². The molecule has 0 atom stereocenters. The molecule has 0 spiro atoms. The Kier molecular flexibility index (Phi) is 6.12. The van der Waals surface area contributed by atoms with E-state index >= 15 is 0 Å². The van der Waals surface area contributed by atoms with E-state index in [1.165, 1.54) is 16.4 Å². The zero-order valence-electron chi connectivity index (χ0n) is 9.65. The quantitative estimate of drug-likeness (QED) is 0.493. The number of thioether (sulfide) groups is 1. The van der Waals surface area contributed by atoms with E-state index in [-0.39, 0.29) is 13.0 Å². The van der Waals surface area contributed by atoms with Gasteiger partial charge in [-0.15, -0.1) is 5.10 Å². The van der Waals surface area contributed by atoms with Crippen LogP contribution in [0.25, 0.3) is 0 Å². The van der Waals surface area contributed by atoms with E-state index in [2.05, 4.69) is 15.5 Å². The Labute approximate surface area is 107 Å². The highest BCUT2D eigenvalue weighted by atomic mass is 32.2. The van der Waals surface area contributed by atoms with E-state index in [0.29, 0.717) is 11.6 Å². The van der Waals surface area contributed by atoms with Gasteiger partial charge < -0.3 is 10.2 Å². The number of hydrogen-bond donors (Lipinski definition) is 2. The smallest absolute Gasteiger partial charge is 0.325 e. The molecular formula is C9H14N4O4S. The highest BCUT2D eigenvalue weighted by Crippen LogP contribution is 2.16. The molecule has 1 rings (SSSR count). The second-order valence-electron chi connectivity index (χ2n) is 3.57. The molecule has 0 saturated heterocycles. The van der Waals surface area contributed by atoms with Crippen molar-refractivity contribution < 1.29 is 19.8 Å². The first-order valence-electron chi connectivity index (χ1n) is 5.42. The fourth-order valence-corrected chi connectivity index (χ4v) is 2.12. The molecule has 100 valence electrons. The van der Waals surface area contributed by atoms with E-state index in [1.54, 1.807) is 0 Å². The highest BCUT2D eigenvalue weighted by Gasteiger charge is 2.09. The summed E-state index contributed by atoms with van der Waals surface area (Å²) in [5.74, 6) is -1.04. The van der Waals surface area contributed by atoms with Crippen LogP contribution < -0.4 is 0 Å². The summed E-state index contributed by atoms with van der Waals surface area (Å²) in [7, 11) is 0. The average molecular weight is 274 g/mol. The molecule has 0 saturated carbocycles. The number of nitrogens with zero attached hydrogens (tertiary/aromatic N) is 4. The van der Waals surface area contributed by atoms with Gasteiger partial charge >= 0.3 is 11.9 Å². The van der Waals surface area contributed by atoms with Crippen molar-refractivity contribution in [2.75, 3.05) is 5.75 Å². The number of carbonyl (C=O) groups is 2. The summed E-state index contributed by atoms with van der Waals surface area (Å²) >= 11 is 1.37. The molecule has 0 bridgehead atoms. The summed E-state index contributed by atoms with van der Waals surface area (Å²) in [6, 6.07) is 0. The predicted octanol–water partition coefficient (Wildman–Crippen LogP) is 0.495. The van der Waals surface area contributed by atoms with Crippen LogP contribution in [-0.4, -0.2) is 48.1 Å². The molecule has 0 unspecified atom stereocenters. The number of tetrazole rings is 1. The molecule has 1 heterocycles. The van der Waals surface area contributed by atoms with Crippen molar-refractivity contribution in [1.82, 2.24) is 20.2 Å². The third-order valence-corrected chi connectivity index (χ3v) is 3.09. The minimum Gasteiger partial charge on any atom is -0.481 e. The molecule has 0 aliphatic rings. The normalized spacial score (nSPS) is 10.4. The molecule has 2 N–H and O–H groups in total. The topological polar surface area (TPSA) is 118 Å². The molecule has 0 aromatic carbocycles. The predicted molar refractivity (Wildman–Crippen MR) is 62.3 cm³/mol. The van der Waals surface area contributed by atoms with Gasteiger partial charge in [-0.1, -0.05) is 18.2 Å². The van der Waals surface area contributed by atoms with Crippen LogP contribution in [-0.2, 0) is 16.1 Å². The van der Waals surface area contributed by atoms with Crippen molar-refractivity contribution in [3.63, 3.8) is 0 Å². The molecule has 0 amide bonds. The van der Waals surface area contributed by atoms with Gasteiger partial charge in [0, 0.05) is 12.2 Å². The first-order valence-corrected chi connectivity index (χ1v) is 6.40. The van der Waals surface area contributed by atoms with Crippen molar-refractivity contribution in [2.45, 2.75) is 37.4 Å². The number of aliphatic carboxylic acids is 2. The van der Waals surface area contributed by atoms with Crippen LogP contribution in [0.2, 0.25) is 0 Å². The molecule has 9 heteroatoms. The van der Waals surface area contributed by atoms with Crippen molar-refractivity contribution in [3.05, 3.63) is 0 Å². The largest absolute Gasteiger partial charge is 0.481 e. The summed E-state index contributed by atoms with van der Waals surface area (Å²) in [5, 5.41) is 28.2. The van der Waals surface area contributed by atoms with Gasteiger partial charge in [0.25, 0.3) is 0 Å². The maximum Gasteiger partial charge on any atom is 0.325 e. The summed E-state index contributed by atoms with van der Waals surface area (Å²) in [6.45, 7) is -0.256. The van der Waals surface area contributed by atoms with Gasteiger partial charge in [0.05, 0.1) is 0 Å². The Morgan fingerprint density at radius 2 is 1.94 bits per heavy atom. The fraction of sp³-hybridized carbons (Fsp3) is 0.667. The van der Waals surface area contributed by atoms with E-state index in [4.69, 9.17) is 10.2 Å². The van der Waals surface area contributed by atoms with Gasteiger partial charge in [0.1, 0.15) is 6.54 Å². The third-order valence-electron chi connectivity index (χ3n) is 2.05. The lowest BCUT2D eigenvalue weighted by molar-refractivity contribution is -0.138. The van der Waals surface area contributed by atoms with Gasteiger partial charge in [-0.25, -0.2) is 4.68 Å². The number of hydrogen-bond acceptors (Lipinski definition) is 6. The highest BCUT2D eigenvalue weighted by molar-refractivity contribution is 7.99. The van der Waals surface area contributed by atoms with Crippen molar-refractivity contribution >= 4 is 23.7 Å². The van der Waals surface area contributed by atoms with Crippen molar-refractivity contribution in [1.29, 1.82) is 0 Å². The van der Waals surface area contributed by atoms with E-state index < -0.39 is 11.9 Å². The second kappa shape index (κ2) is 7.64. The fourth-order valence-electron chi connectivity index (χ4n) is 1.25. The van der Waals surface area contributed by atoms with Crippen LogP contribution in [0, 0.1) is 0 Å². The molecule has 0 aliphatic heterocycles. The second-order valence-corrected chi connectivity index (χ2v) is 4.63. The van der Waals surface area contributed by atoms with Crippen molar-refractivity contribution in [3.8, 4) is 0 Å². The van der Waals surface area contributed by atoms with Crippen molar-refractivity contribution in [2.24, 2.45) is 0 Å². The zero-order chi connectivity index (χ0) is 13.4. The molecular weight excluding hydrogens is 260 g/mol. The summed E-state index contributed by atoms with van der Waals surface area (Å²) < 4.78 is 1.23. The first kappa shape index (κ1) is 14.4. The Morgan fingerprint density at radius 1 is 1.17 bits per heavy atom. The van der Waals surface area contributed by atoms with E-state index in [1.807, 2.05) is 0 Å². The SMILES string of the molecule is O=C(O)CCCCCSc1nnnn1CC(=O)O. The maximum atomic E-state index is 10.5. The lowest BCUT2D eigenvalue weighted by Crippen LogP contribution is -2.11. The lowest BCUT2D eigenvalue weighted by atomic mass is 10.2. The number of aromatic nitrogens is 4.